The van der Waals surface area contributed by atoms with Gasteiger partial charge < -0.3 is 11.5 Å². The summed E-state index contributed by atoms with van der Waals surface area (Å²) in [6, 6.07) is 0. The first-order valence-electron chi connectivity index (χ1n) is 4.05. The van der Waals surface area contributed by atoms with E-state index in [1.54, 1.807) is 12.4 Å². The smallest absolute Gasteiger partial charge is 0.00266 e. The largest absolute Gasteiger partial charge is 0.404 e. The fraction of sp³-hybridized carbons (Fsp3) is 0.556. The normalized spacial score (nSPS) is 12.0. The summed E-state index contributed by atoms with van der Waals surface area (Å²) in [6.07, 6.45) is 4.11. The Morgan fingerprint density at radius 3 is 1.73 bits per heavy atom. The van der Waals surface area contributed by atoms with Crippen molar-refractivity contribution in [3.8, 4) is 0 Å². The number of hydrogen-bond acceptors (Lipinski definition) is 2. The monoisotopic (exact) mass is 156 g/mol. The van der Waals surface area contributed by atoms with Crippen LogP contribution in [0.1, 0.15) is 34.1 Å². The molecule has 2 heteroatoms. The van der Waals surface area contributed by atoms with Crippen LogP contribution in [0, 0.1) is 0 Å². The van der Waals surface area contributed by atoms with Crippen LogP contribution >= 0.6 is 0 Å². The molecule has 0 fully saturated rings. The second-order valence-electron chi connectivity index (χ2n) is 1.90. The number of nitrogens with two attached hydrogens (primary N) is 2. The fourth-order valence-electron chi connectivity index (χ4n) is 0.635. The van der Waals surface area contributed by atoms with E-state index in [4.69, 9.17) is 11.5 Å². The summed E-state index contributed by atoms with van der Waals surface area (Å²) in [4.78, 5) is 0. The molecule has 0 aromatic heterocycles. The van der Waals surface area contributed by atoms with Gasteiger partial charge in [0, 0.05) is 0 Å². The number of allylic oxidation sites excluding steroid dienone is 2. The molecular formula is C9H20N2. The summed E-state index contributed by atoms with van der Waals surface area (Å²) in [5, 5.41) is 0. The van der Waals surface area contributed by atoms with Crippen LogP contribution in [0.15, 0.2) is 23.5 Å². The van der Waals surface area contributed by atoms with Gasteiger partial charge in [0.15, 0.2) is 0 Å². The van der Waals surface area contributed by atoms with E-state index in [1.807, 2.05) is 27.7 Å². The molecule has 0 saturated heterocycles. The van der Waals surface area contributed by atoms with E-state index in [1.165, 1.54) is 0 Å². The molecule has 0 aromatic rings. The van der Waals surface area contributed by atoms with Gasteiger partial charge in [0.1, 0.15) is 0 Å². The third-order valence-corrected chi connectivity index (χ3v) is 1.34. The lowest BCUT2D eigenvalue weighted by molar-refractivity contribution is 1.09. The lowest BCUT2D eigenvalue weighted by atomic mass is 10.1. The minimum Gasteiger partial charge on any atom is -0.404 e. The second-order valence-corrected chi connectivity index (χ2v) is 1.90. The Bertz CT molecular complexity index is 134. The summed E-state index contributed by atoms with van der Waals surface area (Å²) in [5.74, 6) is 0. The Hall–Kier alpha value is -0.920. The Labute approximate surface area is 70.0 Å². The zero-order chi connectivity index (χ0) is 9.28. The van der Waals surface area contributed by atoms with Gasteiger partial charge in [-0.15, -0.1) is 0 Å². The van der Waals surface area contributed by atoms with Crippen LogP contribution in [-0.4, -0.2) is 0 Å². The van der Waals surface area contributed by atoms with E-state index in [9.17, 15) is 0 Å². The van der Waals surface area contributed by atoms with E-state index in [2.05, 4.69) is 0 Å². The van der Waals surface area contributed by atoms with E-state index >= 15 is 0 Å². The van der Waals surface area contributed by atoms with Crippen LogP contribution in [0.4, 0.5) is 0 Å². The highest BCUT2D eigenvalue weighted by atomic mass is 14.5. The maximum atomic E-state index is 5.30. The standard InChI is InChI=1S/C7H14N2.C2H6/c1-3-7(5-9)6(2)4-8;1-2/h4-5H,3,8-9H2,1-2H3;1-2H3/b6-4-,7-5-;. The van der Waals surface area contributed by atoms with Crippen molar-refractivity contribution in [3.05, 3.63) is 23.5 Å². The second kappa shape index (κ2) is 9.08. The van der Waals surface area contributed by atoms with Crippen molar-refractivity contribution in [2.75, 3.05) is 0 Å². The summed E-state index contributed by atoms with van der Waals surface area (Å²) in [7, 11) is 0. The molecule has 0 aliphatic rings. The summed E-state index contributed by atoms with van der Waals surface area (Å²) < 4.78 is 0. The molecule has 0 radical (unpaired) electrons. The quantitative estimate of drug-likeness (QED) is 0.602. The van der Waals surface area contributed by atoms with Crippen LogP contribution < -0.4 is 11.5 Å². The molecule has 2 nitrogen and oxygen atoms in total. The molecular weight excluding hydrogens is 136 g/mol. The Kier molecular flexibility index (Phi) is 10.5. The Morgan fingerprint density at radius 2 is 1.64 bits per heavy atom. The van der Waals surface area contributed by atoms with E-state index in [-0.39, 0.29) is 0 Å². The molecule has 0 aliphatic heterocycles. The Morgan fingerprint density at radius 1 is 1.18 bits per heavy atom. The fourth-order valence-corrected chi connectivity index (χ4v) is 0.635. The van der Waals surface area contributed by atoms with Gasteiger partial charge in [-0.25, -0.2) is 0 Å². The topological polar surface area (TPSA) is 52.0 Å². The molecule has 0 aromatic carbocycles. The van der Waals surface area contributed by atoms with Crippen molar-refractivity contribution in [1.29, 1.82) is 0 Å². The average Bonchev–Trinajstić information content (AvgIpc) is 2.10. The number of rotatable bonds is 2. The van der Waals surface area contributed by atoms with Crippen molar-refractivity contribution in [3.63, 3.8) is 0 Å². The average molecular weight is 156 g/mol. The Balaban J connectivity index is 0. The molecule has 0 rings (SSSR count). The molecule has 0 amide bonds. The minimum atomic E-state index is 0.941. The van der Waals surface area contributed by atoms with Crippen LogP contribution in [0.2, 0.25) is 0 Å². The molecule has 0 saturated carbocycles. The zero-order valence-electron chi connectivity index (χ0n) is 8.02. The number of hydrogen-bond donors (Lipinski definition) is 2. The van der Waals surface area contributed by atoms with Crippen LogP contribution in [0.5, 0.6) is 0 Å². The van der Waals surface area contributed by atoms with Gasteiger partial charge in [-0.2, -0.15) is 0 Å². The van der Waals surface area contributed by atoms with E-state index in [0.29, 0.717) is 0 Å². The zero-order valence-corrected chi connectivity index (χ0v) is 8.02. The maximum Gasteiger partial charge on any atom is -0.00266 e. The van der Waals surface area contributed by atoms with Gasteiger partial charge in [0.2, 0.25) is 0 Å². The summed E-state index contributed by atoms with van der Waals surface area (Å²) in [5.41, 5.74) is 12.7. The van der Waals surface area contributed by atoms with Crippen LogP contribution in [0.3, 0.4) is 0 Å². The highest BCUT2D eigenvalue weighted by Crippen LogP contribution is 2.08. The predicted molar refractivity (Wildman–Crippen MR) is 51.9 cm³/mol. The molecule has 66 valence electrons. The van der Waals surface area contributed by atoms with Crippen LogP contribution in [0.25, 0.3) is 0 Å². The molecule has 0 unspecified atom stereocenters. The van der Waals surface area contributed by atoms with Crippen molar-refractivity contribution in [2.45, 2.75) is 34.1 Å². The molecule has 0 atom stereocenters. The van der Waals surface area contributed by atoms with Gasteiger partial charge in [-0.1, -0.05) is 20.8 Å². The molecule has 0 heterocycles. The van der Waals surface area contributed by atoms with Gasteiger partial charge in [-0.3, -0.25) is 0 Å². The van der Waals surface area contributed by atoms with Gasteiger partial charge >= 0.3 is 0 Å². The predicted octanol–water partition coefficient (Wildman–Crippen LogP) is 2.13. The van der Waals surface area contributed by atoms with Gasteiger partial charge in [-0.05, 0) is 36.9 Å². The van der Waals surface area contributed by atoms with Crippen molar-refractivity contribution >= 4 is 0 Å². The lowest BCUT2D eigenvalue weighted by Crippen LogP contribution is -1.92. The van der Waals surface area contributed by atoms with Gasteiger partial charge in [0.25, 0.3) is 0 Å². The molecule has 0 spiro atoms. The summed E-state index contributed by atoms with van der Waals surface area (Å²) in [6.45, 7) is 7.99. The first-order chi connectivity index (χ1) is 5.26. The third kappa shape index (κ3) is 5.52. The molecule has 11 heavy (non-hydrogen) atoms. The minimum absolute atomic E-state index is 0.941. The van der Waals surface area contributed by atoms with Gasteiger partial charge in [0.05, 0.1) is 0 Å². The summed E-state index contributed by atoms with van der Waals surface area (Å²) >= 11 is 0. The van der Waals surface area contributed by atoms with E-state index in [0.717, 1.165) is 17.6 Å². The SMILES string of the molecule is CC.CCC(=C/N)/C(C)=C\N. The molecule has 0 aliphatic carbocycles. The van der Waals surface area contributed by atoms with Crippen molar-refractivity contribution in [1.82, 2.24) is 0 Å². The first-order valence-corrected chi connectivity index (χ1v) is 4.05. The molecule has 0 bridgehead atoms. The third-order valence-electron chi connectivity index (χ3n) is 1.34. The van der Waals surface area contributed by atoms with Crippen molar-refractivity contribution in [2.24, 2.45) is 11.5 Å². The van der Waals surface area contributed by atoms with Crippen molar-refractivity contribution < 1.29 is 0 Å². The molecule has 4 N–H and O–H groups in total. The van der Waals surface area contributed by atoms with Crippen LogP contribution in [-0.2, 0) is 0 Å². The lowest BCUT2D eigenvalue weighted by Gasteiger charge is -2.00. The maximum absolute atomic E-state index is 5.30. The van der Waals surface area contributed by atoms with E-state index < -0.39 is 0 Å². The first kappa shape index (κ1) is 12.7. The highest BCUT2D eigenvalue weighted by molar-refractivity contribution is 5.26. The highest BCUT2D eigenvalue weighted by Gasteiger charge is 1.92.